The lowest BCUT2D eigenvalue weighted by atomic mass is 10.1. The van der Waals surface area contributed by atoms with Crippen molar-refractivity contribution in [3.05, 3.63) is 98.3 Å². The van der Waals surface area contributed by atoms with Crippen LogP contribution in [0.2, 0.25) is 0 Å². The van der Waals surface area contributed by atoms with Crippen molar-refractivity contribution in [1.29, 1.82) is 5.26 Å². The second-order valence-corrected chi connectivity index (χ2v) is 8.68. The number of halogens is 1. The van der Waals surface area contributed by atoms with Gasteiger partial charge in [-0.25, -0.2) is 9.67 Å². The molecule has 0 aliphatic heterocycles. The molecule has 0 bridgehead atoms. The number of benzene rings is 2. The van der Waals surface area contributed by atoms with Gasteiger partial charge < -0.3 is 15.6 Å². The molecule has 5 aromatic rings. The topological polar surface area (TPSA) is 171 Å². The maximum Gasteiger partial charge on any atom is 0.291 e. The van der Waals surface area contributed by atoms with Crippen LogP contribution in [0.1, 0.15) is 33.5 Å². The molecule has 0 spiro atoms. The van der Waals surface area contributed by atoms with Crippen LogP contribution >= 0.6 is 0 Å². The number of aryl methyl sites for hydroxylation is 2. The molecule has 0 unspecified atom stereocenters. The van der Waals surface area contributed by atoms with E-state index >= 15 is 0 Å². The highest BCUT2D eigenvalue weighted by Gasteiger charge is 2.24. The lowest BCUT2D eigenvalue weighted by Gasteiger charge is -2.13. The van der Waals surface area contributed by atoms with E-state index in [0.29, 0.717) is 11.3 Å². The Hall–Kier alpha value is -5.77. The maximum atomic E-state index is 14.6. The second-order valence-electron chi connectivity index (χ2n) is 8.68. The van der Waals surface area contributed by atoms with Crippen LogP contribution in [0.4, 0.5) is 10.1 Å². The standard InChI is InChI=1S/C27H20FN7O5/c1-3-34-23-18(12-20(28)32-22(23)25(37)31-16-6-4-5-15(11-16)24(30)36)26(38)35(34)17-9-7-14(8-10-17)21-19(13-29)40-33(2)27(21)39/h4-12H,3H2,1-2H3,(H2,30,36)(H,31,37). The third-order valence-corrected chi connectivity index (χ3v) is 6.26. The molecule has 12 nitrogen and oxygen atoms in total. The highest BCUT2D eigenvalue weighted by molar-refractivity contribution is 6.10. The molecule has 40 heavy (non-hydrogen) atoms. The number of primary amides is 1. The highest BCUT2D eigenvalue weighted by atomic mass is 19.1. The van der Waals surface area contributed by atoms with Crippen molar-refractivity contribution in [1.82, 2.24) is 19.1 Å². The predicted octanol–water partition coefficient (Wildman–Crippen LogP) is 2.53. The Morgan fingerprint density at radius 1 is 1.12 bits per heavy atom. The number of hydrogen-bond acceptors (Lipinski definition) is 7. The number of hydrogen-bond donors (Lipinski definition) is 2. The minimum Gasteiger partial charge on any atom is -0.366 e. The molecule has 2 aromatic carbocycles. The summed E-state index contributed by atoms with van der Waals surface area (Å²) in [6, 6.07) is 14.9. The van der Waals surface area contributed by atoms with E-state index in [9.17, 15) is 28.8 Å². The molecule has 0 aliphatic carbocycles. The summed E-state index contributed by atoms with van der Waals surface area (Å²) in [6.07, 6.45) is 0. The summed E-state index contributed by atoms with van der Waals surface area (Å²) < 4.78 is 23.4. The Morgan fingerprint density at radius 3 is 2.50 bits per heavy atom. The van der Waals surface area contributed by atoms with E-state index in [1.165, 1.54) is 40.7 Å². The molecule has 3 aromatic heterocycles. The number of nitrogens with one attached hydrogen (secondary N) is 1. The monoisotopic (exact) mass is 541 g/mol. The van der Waals surface area contributed by atoms with Gasteiger partial charge in [-0.2, -0.15) is 14.4 Å². The van der Waals surface area contributed by atoms with Gasteiger partial charge in [-0.05, 0) is 42.8 Å². The minimum absolute atomic E-state index is 0.0746. The quantitative estimate of drug-likeness (QED) is 0.311. The zero-order chi connectivity index (χ0) is 28.7. The Bertz CT molecular complexity index is 1990. The molecule has 3 heterocycles. The number of nitrogens with two attached hydrogens (primary N) is 1. The second kappa shape index (κ2) is 9.84. The fraction of sp³-hybridized carbons (Fsp3) is 0.111. The van der Waals surface area contributed by atoms with Gasteiger partial charge in [0.1, 0.15) is 17.1 Å². The van der Waals surface area contributed by atoms with Gasteiger partial charge in [-0.15, -0.1) is 0 Å². The van der Waals surface area contributed by atoms with Gasteiger partial charge >= 0.3 is 0 Å². The highest BCUT2D eigenvalue weighted by Crippen LogP contribution is 2.24. The van der Waals surface area contributed by atoms with Crippen LogP contribution in [0.3, 0.4) is 0 Å². The molecule has 0 radical (unpaired) electrons. The summed E-state index contributed by atoms with van der Waals surface area (Å²) in [7, 11) is 1.38. The molecule has 2 amide bonds. The Balaban J connectivity index is 1.62. The van der Waals surface area contributed by atoms with Crippen LogP contribution in [0.5, 0.6) is 0 Å². The molecule has 3 N–H and O–H groups in total. The average Bonchev–Trinajstić information content (AvgIpc) is 3.40. The van der Waals surface area contributed by atoms with E-state index < -0.39 is 28.9 Å². The Morgan fingerprint density at radius 2 is 1.85 bits per heavy atom. The van der Waals surface area contributed by atoms with Crippen molar-refractivity contribution in [2.75, 3.05) is 5.32 Å². The Labute approximate surface area is 224 Å². The number of nitrogens with zero attached hydrogens (tertiary/aromatic N) is 5. The van der Waals surface area contributed by atoms with E-state index in [-0.39, 0.29) is 45.7 Å². The number of carbonyl (C=O) groups excluding carboxylic acids is 2. The number of carbonyl (C=O) groups is 2. The summed E-state index contributed by atoms with van der Waals surface area (Å²) in [5, 5.41) is 11.8. The summed E-state index contributed by atoms with van der Waals surface area (Å²) in [5.41, 5.74) is 5.17. The summed E-state index contributed by atoms with van der Waals surface area (Å²) in [6.45, 7) is 1.94. The number of rotatable bonds is 6. The van der Waals surface area contributed by atoms with E-state index in [4.69, 9.17) is 10.3 Å². The fourth-order valence-corrected chi connectivity index (χ4v) is 4.49. The van der Waals surface area contributed by atoms with Crippen molar-refractivity contribution >= 4 is 28.4 Å². The number of nitriles is 1. The van der Waals surface area contributed by atoms with E-state index in [2.05, 4.69) is 10.3 Å². The maximum absolute atomic E-state index is 14.6. The molecule has 200 valence electrons. The predicted molar refractivity (Wildman–Crippen MR) is 142 cm³/mol. The van der Waals surface area contributed by atoms with E-state index in [1.807, 2.05) is 6.07 Å². The first kappa shape index (κ1) is 25.9. The molecule has 13 heteroatoms. The van der Waals surface area contributed by atoms with Crippen LogP contribution in [0, 0.1) is 17.3 Å². The first-order valence-electron chi connectivity index (χ1n) is 11.9. The van der Waals surface area contributed by atoms with Crippen molar-refractivity contribution in [2.24, 2.45) is 12.8 Å². The van der Waals surface area contributed by atoms with Crippen LogP contribution in [-0.4, -0.2) is 30.9 Å². The normalized spacial score (nSPS) is 10.9. The lowest BCUT2D eigenvalue weighted by Crippen LogP contribution is -2.21. The summed E-state index contributed by atoms with van der Waals surface area (Å²) >= 11 is 0. The summed E-state index contributed by atoms with van der Waals surface area (Å²) in [4.78, 5) is 54.4. The third-order valence-electron chi connectivity index (χ3n) is 6.26. The molecule has 0 aliphatic rings. The van der Waals surface area contributed by atoms with Crippen molar-refractivity contribution < 1.29 is 18.5 Å². The largest absolute Gasteiger partial charge is 0.366 e. The molecule has 0 fully saturated rings. The molecule has 0 saturated heterocycles. The number of amides is 2. The van der Waals surface area contributed by atoms with Crippen molar-refractivity contribution in [3.8, 4) is 22.9 Å². The van der Waals surface area contributed by atoms with E-state index in [1.54, 1.807) is 31.2 Å². The number of anilines is 1. The van der Waals surface area contributed by atoms with Gasteiger partial charge in [-0.3, -0.25) is 23.9 Å². The zero-order valence-electron chi connectivity index (χ0n) is 21.1. The molecule has 0 atom stereocenters. The first-order chi connectivity index (χ1) is 19.1. The van der Waals surface area contributed by atoms with Gasteiger partial charge in [-0.1, -0.05) is 18.2 Å². The van der Waals surface area contributed by atoms with Gasteiger partial charge in [0.05, 0.1) is 11.1 Å². The zero-order valence-corrected chi connectivity index (χ0v) is 21.1. The summed E-state index contributed by atoms with van der Waals surface area (Å²) in [5.74, 6) is -2.68. The van der Waals surface area contributed by atoms with Crippen molar-refractivity contribution in [2.45, 2.75) is 13.5 Å². The Kier molecular flexibility index (Phi) is 6.36. The fourth-order valence-electron chi connectivity index (χ4n) is 4.49. The molecule has 5 rings (SSSR count). The van der Waals surface area contributed by atoms with Crippen LogP contribution < -0.4 is 22.2 Å². The lowest BCUT2D eigenvalue weighted by molar-refractivity contribution is 0.0995. The van der Waals surface area contributed by atoms with Crippen molar-refractivity contribution in [3.63, 3.8) is 0 Å². The van der Waals surface area contributed by atoms with Gasteiger partial charge in [0.2, 0.25) is 17.6 Å². The minimum atomic E-state index is -1.03. The molecular formula is C27H20FN7O5. The molecule has 0 saturated carbocycles. The number of aromatic nitrogens is 4. The smallest absolute Gasteiger partial charge is 0.291 e. The first-order valence-corrected chi connectivity index (χ1v) is 11.9. The van der Waals surface area contributed by atoms with Gasteiger partial charge in [0.15, 0.2) is 5.69 Å². The van der Waals surface area contributed by atoms with Crippen LogP contribution in [0.15, 0.2) is 68.7 Å². The SMILES string of the molecule is CCn1c2c(C(=O)Nc3cccc(C(N)=O)c3)nc(F)cc2c(=O)n1-c1ccc(-c2c(C#N)on(C)c2=O)cc1. The van der Waals surface area contributed by atoms with Crippen LogP contribution in [-0.2, 0) is 13.6 Å². The van der Waals surface area contributed by atoms with E-state index in [0.717, 1.165) is 10.8 Å². The third kappa shape index (κ3) is 4.23. The van der Waals surface area contributed by atoms with Crippen LogP contribution in [0.25, 0.3) is 27.7 Å². The van der Waals surface area contributed by atoms with Gasteiger partial charge in [0.25, 0.3) is 17.0 Å². The number of fused-ring (bicyclic) bond motifs is 1. The van der Waals surface area contributed by atoms with Gasteiger partial charge in [0, 0.05) is 30.9 Å². The number of pyridine rings is 1. The molecular weight excluding hydrogens is 521 g/mol. The average molecular weight is 541 g/mol.